The highest BCUT2D eigenvalue weighted by molar-refractivity contribution is 5.23. The number of rotatable bonds is 0. The Kier molecular flexibility index (Phi) is 4.13. The first-order valence-corrected chi connectivity index (χ1v) is 7.56. The van der Waals surface area contributed by atoms with Gasteiger partial charge in [-0.15, -0.1) is 0 Å². The monoisotopic (exact) mass is 290 g/mol. The van der Waals surface area contributed by atoms with Crippen LogP contribution >= 0.6 is 0 Å². The Bertz CT molecular complexity index is 603. The molecule has 0 atom stereocenters. The van der Waals surface area contributed by atoms with Gasteiger partial charge in [0, 0.05) is 30.6 Å². The molecule has 0 amide bonds. The molecule has 2 aromatic rings. The number of hydrogen-bond acceptors (Lipinski definition) is 4. The quantitative estimate of drug-likeness (QED) is 0.747. The topological polar surface area (TPSA) is 54.1 Å². The zero-order chi connectivity index (χ0) is 14.7. The maximum atomic E-state index is 5.52. The molecule has 0 radical (unpaired) electrons. The minimum absolute atomic E-state index is 0.840. The molecule has 0 bridgehead atoms. The molecule has 2 aliphatic rings. The lowest BCUT2D eigenvalue weighted by molar-refractivity contribution is 0.229. The summed E-state index contributed by atoms with van der Waals surface area (Å²) in [6, 6.07) is 0. The summed E-state index contributed by atoms with van der Waals surface area (Å²) in [6.45, 7) is 7.74. The van der Waals surface area contributed by atoms with Crippen LogP contribution in [0.15, 0.2) is 12.4 Å². The maximum Gasteiger partial charge on any atom is 0.214 e. The van der Waals surface area contributed by atoms with Crippen molar-refractivity contribution in [1.82, 2.24) is 19.6 Å². The van der Waals surface area contributed by atoms with Crippen LogP contribution in [0.25, 0.3) is 0 Å². The van der Waals surface area contributed by atoms with Crippen molar-refractivity contribution >= 4 is 0 Å². The number of hydrogen-bond donors (Lipinski definition) is 0. The Hall–Kier alpha value is -1.98. The van der Waals surface area contributed by atoms with Gasteiger partial charge in [-0.1, -0.05) is 0 Å². The first-order valence-electron chi connectivity index (χ1n) is 7.56. The molecule has 0 aliphatic carbocycles. The van der Waals surface area contributed by atoms with Crippen LogP contribution < -0.4 is 9.47 Å². The number of aryl methyl sites for hydroxylation is 4. The van der Waals surface area contributed by atoms with E-state index >= 15 is 0 Å². The molecule has 0 unspecified atom stereocenters. The van der Waals surface area contributed by atoms with Crippen LogP contribution in [0, 0.1) is 13.8 Å². The van der Waals surface area contributed by atoms with E-state index in [4.69, 9.17) is 9.47 Å². The Labute approximate surface area is 124 Å². The smallest absolute Gasteiger partial charge is 0.214 e. The number of nitrogens with zero attached hydrogens (tertiary/aromatic N) is 4. The lowest BCUT2D eigenvalue weighted by Gasteiger charge is -2.14. The highest BCUT2D eigenvalue weighted by atomic mass is 16.5. The standard InChI is InChI=1S/C8H12N2O.C7H10N2O/c1-7-6-9-10-4-2-3-5-11-8(7)10;1-6-5-8-9-3-2-4-10-7(6)9/h6H,2-5H2,1H3;5H,2-4H2,1H3. The summed E-state index contributed by atoms with van der Waals surface area (Å²) in [5.41, 5.74) is 2.28. The highest BCUT2D eigenvalue weighted by Gasteiger charge is 2.12. The zero-order valence-electron chi connectivity index (χ0n) is 12.7. The van der Waals surface area contributed by atoms with Crippen LogP contribution in [-0.2, 0) is 13.1 Å². The van der Waals surface area contributed by atoms with Crippen molar-refractivity contribution < 1.29 is 9.47 Å². The number of fused-ring (bicyclic) bond motifs is 2. The summed E-state index contributed by atoms with van der Waals surface area (Å²) in [7, 11) is 0. The molecule has 2 aromatic heterocycles. The van der Waals surface area contributed by atoms with E-state index in [1.165, 1.54) is 6.42 Å². The summed E-state index contributed by atoms with van der Waals surface area (Å²) < 4.78 is 14.8. The van der Waals surface area contributed by atoms with Gasteiger partial charge in [-0.25, -0.2) is 9.36 Å². The Balaban J connectivity index is 0.000000126. The van der Waals surface area contributed by atoms with Gasteiger partial charge in [0.15, 0.2) is 0 Å². The van der Waals surface area contributed by atoms with E-state index in [2.05, 4.69) is 10.2 Å². The fraction of sp³-hybridized carbons (Fsp3) is 0.600. The van der Waals surface area contributed by atoms with Crippen molar-refractivity contribution in [3.05, 3.63) is 23.5 Å². The average Bonchev–Trinajstić information content (AvgIpc) is 2.95. The van der Waals surface area contributed by atoms with Gasteiger partial charge in [-0.3, -0.25) is 0 Å². The molecular formula is C15H22N4O2. The van der Waals surface area contributed by atoms with Gasteiger partial charge in [-0.05, 0) is 26.7 Å². The van der Waals surface area contributed by atoms with Crippen LogP contribution in [0.5, 0.6) is 11.8 Å². The van der Waals surface area contributed by atoms with Gasteiger partial charge in [-0.2, -0.15) is 10.2 Å². The van der Waals surface area contributed by atoms with Crippen LogP contribution in [0.4, 0.5) is 0 Å². The first kappa shape index (κ1) is 14.0. The molecule has 0 saturated heterocycles. The second-order valence-electron chi connectivity index (χ2n) is 5.47. The molecule has 6 heteroatoms. The number of ether oxygens (including phenoxy) is 2. The zero-order valence-corrected chi connectivity index (χ0v) is 12.7. The third-order valence-corrected chi connectivity index (χ3v) is 3.68. The molecule has 2 aliphatic heterocycles. The SMILES string of the molecule is Cc1cnn2c1OCCC2.Cc1cnn2c1OCCCC2. The van der Waals surface area contributed by atoms with E-state index in [0.29, 0.717) is 0 Å². The van der Waals surface area contributed by atoms with Gasteiger partial charge in [0.05, 0.1) is 25.6 Å². The fourth-order valence-corrected chi connectivity index (χ4v) is 2.55. The molecule has 6 nitrogen and oxygen atoms in total. The molecule has 4 heterocycles. The molecular weight excluding hydrogens is 268 g/mol. The van der Waals surface area contributed by atoms with Gasteiger partial charge < -0.3 is 9.47 Å². The van der Waals surface area contributed by atoms with E-state index in [9.17, 15) is 0 Å². The van der Waals surface area contributed by atoms with E-state index in [1.807, 2.05) is 35.6 Å². The largest absolute Gasteiger partial charge is 0.478 e. The lowest BCUT2D eigenvalue weighted by Crippen LogP contribution is -2.14. The van der Waals surface area contributed by atoms with E-state index < -0.39 is 0 Å². The molecule has 0 spiro atoms. The molecule has 114 valence electrons. The Morgan fingerprint density at radius 2 is 1.33 bits per heavy atom. The first-order chi connectivity index (χ1) is 10.3. The second-order valence-corrected chi connectivity index (χ2v) is 5.47. The molecule has 0 saturated carbocycles. The van der Waals surface area contributed by atoms with Crippen LogP contribution in [-0.4, -0.2) is 32.8 Å². The van der Waals surface area contributed by atoms with Crippen LogP contribution in [0.1, 0.15) is 30.4 Å². The van der Waals surface area contributed by atoms with E-state index in [1.54, 1.807) is 0 Å². The minimum atomic E-state index is 0.840. The predicted molar refractivity (Wildman–Crippen MR) is 78.8 cm³/mol. The number of aromatic nitrogens is 4. The third kappa shape index (κ3) is 3.04. The van der Waals surface area contributed by atoms with Crippen LogP contribution in [0.3, 0.4) is 0 Å². The summed E-state index contributed by atoms with van der Waals surface area (Å²) in [4.78, 5) is 0. The Morgan fingerprint density at radius 1 is 0.810 bits per heavy atom. The third-order valence-electron chi connectivity index (χ3n) is 3.68. The van der Waals surface area contributed by atoms with Crippen molar-refractivity contribution in [1.29, 1.82) is 0 Å². The van der Waals surface area contributed by atoms with Gasteiger partial charge in [0.2, 0.25) is 11.8 Å². The Morgan fingerprint density at radius 3 is 1.95 bits per heavy atom. The normalized spacial score (nSPS) is 16.5. The van der Waals surface area contributed by atoms with Gasteiger partial charge >= 0.3 is 0 Å². The molecule has 0 N–H and O–H groups in total. The van der Waals surface area contributed by atoms with Crippen molar-refractivity contribution in [3.8, 4) is 11.8 Å². The minimum Gasteiger partial charge on any atom is -0.478 e. The molecule has 0 aromatic carbocycles. The summed E-state index contributed by atoms with van der Waals surface area (Å²) >= 11 is 0. The van der Waals surface area contributed by atoms with Crippen molar-refractivity contribution in [2.75, 3.05) is 13.2 Å². The highest BCUT2D eigenvalue weighted by Crippen LogP contribution is 2.21. The van der Waals surface area contributed by atoms with Gasteiger partial charge in [0.1, 0.15) is 0 Å². The van der Waals surface area contributed by atoms with Crippen molar-refractivity contribution in [2.24, 2.45) is 0 Å². The van der Waals surface area contributed by atoms with Crippen molar-refractivity contribution in [2.45, 2.75) is 46.2 Å². The van der Waals surface area contributed by atoms with E-state index in [-0.39, 0.29) is 0 Å². The second kappa shape index (κ2) is 6.20. The molecule has 0 fully saturated rings. The average molecular weight is 290 g/mol. The lowest BCUT2D eigenvalue weighted by atomic mass is 10.3. The molecule has 4 rings (SSSR count). The van der Waals surface area contributed by atoms with E-state index in [0.717, 1.165) is 62.0 Å². The summed E-state index contributed by atoms with van der Waals surface area (Å²) in [5.74, 6) is 1.91. The summed E-state index contributed by atoms with van der Waals surface area (Å²) in [5, 5.41) is 8.36. The fourth-order valence-electron chi connectivity index (χ4n) is 2.55. The van der Waals surface area contributed by atoms with Gasteiger partial charge in [0.25, 0.3) is 0 Å². The predicted octanol–water partition coefficient (Wildman–Crippen LogP) is 2.34. The molecule has 21 heavy (non-hydrogen) atoms. The van der Waals surface area contributed by atoms with Crippen molar-refractivity contribution in [3.63, 3.8) is 0 Å². The maximum absolute atomic E-state index is 5.52. The summed E-state index contributed by atoms with van der Waals surface area (Å²) in [6.07, 6.45) is 7.10. The van der Waals surface area contributed by atoms with Crippen LogP contribution in [0.2, 0.25) is 0 Å².